The van der Waals surface area contributed by atoms with Gasteiger partial charge in [-0.3, -0.25) is 0 Å². The fourth-order valence-corrected chi connectivity index (χ4v) is 1.87. The monoisotopic (exact) mass is 252 g/mol. The van der Waals surface area contributed by atoms with Crippen molar-refractivity contribution < 1.29 is 17.9 Å². The molecule has 0 fully saturated rings. The molecule has 0 aromatic heterocycles. The van der Waals surface area contributed by atoms with E-state index in [9.17, 15) is 13.2 Å². The Bertz CT molecular complexity index is 332. The minimum absolute atomic E-state index is 0.0714. The van der Waals surface area contributed by atoms with Crippen LogP contribution in [0.25, 0.3) is 0 Å². The van der Waals surface area contributed by atoms with Crippen molar-refractivity contribution in [2.24, 2.45) is 5.73 Å². The summed E-state index contributed by atoms with van der Waals surface area (Å²) in [7, 11) is -3.12. The number of rotatable bonds is 4. The van der Waals surface area contributed by atoms with E-state index in [0.717, 1.165) is 6.26 Å². The molecule has 6 nitrogen and oxygen atoms in total. The molecule has 0 heterocycles. The van der Waals surface area contributed by atoms with E-state index < -0.39 is 27.6 Å². The fourth-order valence-electron chi connectivity index (χ4n) is 0.976. The average molecular weight is 252 g/mol. The van der Waals surface area contributed by atoms with Crippen molar-refractivity contribution in [3.63, 3.8) is 0 Å². The third kappa shape index (κ3) is 9.72. The van der Waals surface area contributed by atoms with Crippen molar-refractivity contribution in [2.75, 3.05) is 18.6 Å². The van der Waals surface area contributed by atoms with Gasteiger partial charge in [-0.2, -0.15) is 0 Å². The molecule has 0 aromatic carbocycles. The molecule has 0 saturated carbocycles. The molecule has 1 atom stereocenters. The van der Waals surface area contributed by atoms with Crippen molar-refractivity contribution in [3.05, 3.63) is 0 Å². The zero-order valence-corrected chi connectivity index (χ0v) is 10.9. The molecule has 7 heteroatoms. The first-order valence-electron chi connectivity index (χ1n) is 4.90. The summed E-state index contributed by atoms with van der Waals surface area (Å²) in [5.41, 5.74) is 4.94. The van der Waals surface area contributed by atoms with Crippen LogP contribution in [0.1, 0.15) is 20.8 Å². The van der Waals surface area contributed by atoms with Gasteiger partial charge in [0.1, 0.15) is 15.4 Å². The van der Waals surface area contributed by atoms with Gasteiger partial charge in [0.15, 0.2) is 0 Å². The summed E-state index contributed by atoms with van der Waals surface area (Å²) in [5, 5.41) is 2.41. The number of nitrogens with one attached hydrogen (secondary N) is 1. The lowest BCUT2D eigenvalue weighted by Gasteiger charge is -2.20. The molecule has 96 valence electrons. The molecule has 0 aliphatic heterocycles. The Hall–Kier alpha value is -0.820. The van der Waals surface area contributed by atoms with E-state index in [1.54, 1.807) is 20.8 Å². The van der Waals surface area contributed by atoms with Crippen LogP contribution in [0, 0.1) is 0 Å². The molecule has 0 bridgehead atoms. The minimum atomic E-state index is -3.12. The van der Waals surface area contributed by atoms with Crippen LogP contribution in [0.3, 0.4) is 0 Å². The first-order chi connectivity index (χ1) is 6.99. The Labute approximate surface area is 96.4 Å². The van der Waals surface area contributed by atoms with Gasteiger partial charge in [-0.15, -0.1) is 0 Å². The van der Waals surface area contributed by atoms with Crippen molar-refractivity contribution in [2.45, 2.75) is 32.4 Å². The summed E-state index contributed by atoms with van der Waals surface area (Å²) in [6.07, 6.45) is 0.497. The van der Waals surface area contributed by atoms with E-state index in [0.29, 0.717) is 0 Å². The van der Waals surface area contributed by atoms with Gasteiger partial charge in [-0.1, -0.05) is 0 Å². The second-order valence-electron chi connectivity index (χ2n) is 4.74. The highest BCUT2D eigenvalue weighted by atomic mass is 32.2. The molecule has 0 rings (SSSR count). The van der Waals surface area contributed by atoms with Crippen LogP contribution in [0.15, 0.2) is 0 Å². The Balaban J connectivity index is 3.94. The van der Waals surface area contributed by atoms with Crippen LogP contribution in [-0.4, -0.2) is 44.7 Å². The van der Waals surface area contributed by atoms with Crippen molar-refractivity contribution in [3.8, 4) is 0 Å². The lowest BCUT2D eigenvalue weighted by atomic mass is 10.2. The topological polar surface area (TPSA) is 98.5 Å². The van der Waals surface area contributed by atoms with E-state index in [4.69, 9.17) is 10.5 Å². The van der Waals surface area contributed by atoms with Gasteiger partial charge >= 0.3 is 6.09 Å². The largest absolute Gasteiger partial charge is 0.444 e. The van der Waals surface area contributed by atoms with Gasteiger partial charge in [0.25, 0.3) is 0 Å². The predicted octanol–water partition coefficient (Wildman–Crippen LogP) is -0.117. The van der Waals surface area contributed by atoms with Crippen LogP contribution >= 0.6 is 0 Å². The summed E-state index contributed by atoms with van der Waals surface area (Å²) in [6, 6.07) is -0.623. The molecule has 0 aliphatic rings. The Kier molecular flexibility index (Phi) is 5.21. The molecule has 0 spiro atoms. The predicted molar refractivity (Wildman–Crippen MR) is 61.9 cm³/mol. The maximum atomic E-state index is 11.2. The first kappa shape index (κ1) is 15.2. The molecule has 1 amide bonds. The lowest BCUT2D eigenvalue weighted by molar-refractivity contribution is 0.0525. The fraction of sp³-hybridized carbons (Fsp3) is 0.889. The number of carbonyl (C=O) groups excluding carboxylic acids is 1. The Morgan fingerprint density at radius 3 is 2.31 bits per heavy atom. The number of sulfone groups is 1. The van der Waals surface area contributed by atoms with E-state index in [1.165, 1.54) is 0 Å². The molecule has 0 saturated heterocycles. The second kappa shape index (κ2) is 5.49. The standard InChI is InChI=1S/C9H20N2O4S/c1-9(2,3)15-8(12)11-5-7(10)6-16(4,13)14/h7H,5-6,10H2,1-4H3,(H,11,12). The molecule has 0 aliphatic carbocycles. The van der Waals surface area contributed by atoms with E-state index in [-0.39, 0.29) is 12.3 Å². The van der Waals surface area contributed by atoms with Gasteiger partial charge < -0.3 is 15.8 Å². The lowest BCUT2D eigenvalue weighted by Crippen LogP contribution is -2.43. The number of hydrogen-bond acceptors (Lipinski definition) is 5. The van der Waals surface area contributed by atoms with Gasteiger partial charge in [0.2, 0.25) is 0 Å². The quantitative estimate of drug-likeness (QED) is 0.727. The third-order valence-electron chi connectivity index (χ3n) is 1.42. The van der Waals surface area contributed by atoms with Gasteiger partial charge in [0.05, 0.1) is 5.75 Å². The number of hydrogen-bond donors (Lipinski definition) is 2. The molecule has 1 unspecified atom stereocenters. The third-order valence-corrected chi connectivity index (χ3v) is 2.46. The molecule has 3 N–H and O–H groups in total. The number of alkyl carbamates (subject to hydrolysis) is 1. The van der Waals surface area contributed by atoms with Crippen molar-refractivity contribution >= 4 is 15.9 Å². The van der Waals surface area contributed by atoms with Gasteiger partial charge in [0, 0.05) is 18.8 Å². The number of amides is 1. The summed E-state index contributed by atoms with van der Waals surface area (Å²) in [4.78, 5) is 11.2. The average Bonchev–Trinajstić information content (AvgIpc) is 1.94. The molecule has 0 radical (unpaired) electrons. The van der Waals surface area contributed by atoms with E-state index >= 15 is 0 Å². The van der Waals surface area contributed by atoms with E-state index in [2.05, 4.69) is 5.32 Å². The van der Waals surface area contributed by atoms with Crippen molar-refractivity contribution in [1.29, 1.82) is 0 Å². The zero-order valence-electron chi connectivity index (χ0n) is 10.1. The zero-order chi connectivity index (χ0) is 13.0. The number of carbonyl (C=O) groups is 1. The highest BCUT2D eigenvalue weighted by Crippen LogP contribution is 2.06. The summed E-state index contributed by atoms with van der Waals surface area (Å²) >= 11 is 0. The van der Waals surface area contributed by atoms with Crippen LogP contribution in [0.4, 0.5) is 4.79 Å². The number of nitrogens with two attached hydrogens (primary N) is 1. The maximum Gasteiger partial charge on any atom is 0.407 e. The first-order valence-corrected chi connectivity index (χ1v) is 6.96. The normalized spacial score (nSPS) is 14.3. The smallest absolute Gasteiger partial charge is 0.407 e. The number of ether oxygens (including phenoxy) is 1. The van der Waals surface area contributed by atoms with Crippen LogP contribution in [-0.2, 0) is 14.6 Å². The second-order valence-corrected chi connectivity index (χ2v) is 6.92. The molecule has 16 heavy (non-hydrogen) atoms. The van der Waals surface area contributed by atoms with Gasteiger partial charge in [-0.05, 0) is 20.8 Å². The summed E-state index contributed by atoms with van der Waals surface area (Å²) in [5.74, 6) is -0.164. The summed E-state index contributed by atoms with van der Waals surface area (Å²) < 4.78 is 26.7. The van der Waals surface area contributed by atoms with E-state index in [1.807, 2.05) is 0 Å². The molecular weight excluding hydrogens is 232 g/mol. The molecule has 0 aromatic rings. The molecular formula is C9H20N2O4S. The van der Waals surface area contributed by atoms with Crippen LogP contribution in [0.5, 0.6) is 0 Å². The van der Waals surface area contributed by atoms with Gasteiger partial charge in [-0.25, -0.2) is 13.2 Å². The SMILES string of the molecule is CC(C)(C)OC(=O)NCC(N)CS(C)(=O)=O. The van der Waals surface area contributed by atoms with Crippen molar-refractivity contribution in [1.82, 2.24) is 5.32 Å². The minimum Gasteiger partial charge on any atom is -0.444 e. The summed E-state index contributed by atoms with van der Waals surface area (Å²) in [6.45, 7) is 5.29. The highest BCUT2D eigenvalue weighted by molar-refractivity contribution is 7.90. The maximum absolute atomic E-state index is 11.2. The van der Waals surface area contributed by atoms with Crippen LogP contribution < -0.4 is 11.1 Å². The highest BCUT2D eigenvalue weighted by Gasteiger charge is 2.17. The van der Waals surface area contributed by atoms with Crippen LogP contribution in [0.2, 0.25) is 0 Å². The Morgan fingerprint density at radius 1 is 1.44 bits per heavy atom. The Morgan fingerprint density at radius 2 is 1.94 bits per heavy atom.